The molecule has 3 fully saturated rings. The van der Waals surface area contributed by atoms with E-state index in [2.05, 4.69) is 52.0 Å². The molecule has 0 amide bonds. The van der Waals surface area contributed by atoms with Gasteiger partial charge in [-0.2, -0.15) is 0 Å². The molecule has 0 radical (unpaired) electrons. The lowest BCUT2D eigenvalue weighted by molar-refractivity contribution is -0.128. The van der Waals surface area contributed by atoms with Crippen molar-refractivity contribution in [1.82, 2.24) is 0 Å². The summed E-state index contributed by atoms with van der Waals surface area (Å²) < 4.78 is 6.46. The highest BCUT2D eigenvalue weighted by atomic mass is 16.5. The number of fused-ring (bicyclic) bond motifs is 5. The largest absolute Gasteiger partial charge is 0.494 e. The Hall–Kier alpha value is -1.61. The van der Waals surface area contributed by atoms with Crippen molar-refractivity contribution in [3.05, 3.63) is 41.5 Å². The number of benzene rings is 1. The maximum atomic E-state index is 12.0. The van der Waals surface area contributed by atoms with Gasteiger partial charge in [0.05, 0.1) is 12.2 Å². The highest BCUT2D eigenvalue weighted by molar-refractivity contribution is 5.91. The highest BCUT2D eigenvalue weighted by Gasteiger charge is 2.62. The molecule has 3 saturated carbocycles. The van der Waals surface area contributed by atoms with Crippen LogP contribution in [-0.2, 0) is 4.79 Å². The first kappa shape index (κ1) is 27.0. The minimum absolute atomic E-state index is 0.0418. The minimum atomic E-state index is -0.615. The zero-order valence-corrected chi connectivity index (χ0v) is 23.8. The van der Waals surface area contributed by atoms with Crippen LogP contribution < -0.4 is 4.74 Å². The van der Waals surface area contributed by atoms with Gasteiger partial charge in [0, 0.05) is 11.8 Å². The lowest BCUT2D eigenvalue weighted by Crippen LogP contribution is -2.53. The molecule has 5 unspecified atom stereocenters. The van der Waals surface area contributed by atoms with Crippen molar-refractivity contribution in [2.45, 2.75) is 116 Å². The first-order valence-corrected chi connectivity index (χ1v) is 15.4. The second-order valence-electron chi connectivity index (χ2n) is 13.6. The van der Waals surface area contributed by atoms with Crippen LogP contribution in [0.25, 0.3) is 0 Å². The summed E-state index contributed by atoms with van der Waals surface area (Å²) in [5, 5.41) is 11.7. The van der Waals surface area contributed by atoms with Gasteiger partial charge in [-0.3, -0.25) is 4.79 Å². The fourth-order valence-electron chi connectivity index (χ4n) is 9.37. The molecule has 4 aliphatic carbocycles. The van der Waals surface area contributed by atoms with Gasteiger partial charge in [0.15, 0.2) is 5.78 Å². The second-order valence-corrected chi connectivity index (χ2v) is 13.6. The molecule has 0 spiro atoms. The van der Waals surface area contributed by atoms with Crippen LogP contribution in [0.3, 0.4) is 0 Å². The Bertz CT molecular complexity index is 991. The molecule has 1 aromatic carbocycles. The third-order valence-electron chi connectivity index (χ3n) is 11.1. The Morgan fingerprint density at radius 3 is 2.70 bits per heavy atom. The molecule has 37 heavy (non-hydrogen) atoms. The molecular weight excluding hydrogens is 456 g/mol. The number of ketones is 1. The number of carbonyl (C=O) groups is 1. The Morgan fingerprint density at radius 1 is 1.08 bits per heavy atom. The maximum absolute atomic E-state index is 12.0. The van der Waals surface area contributed by atoms with E-state index in [0.29, 0.717) is 47.9 Å². The molecule has 0 aliphatic heterocycles. The zero-order valence-electron chi connectivity index (χ0n) is 23.8. The average Bonchev–Trinajstić information content (AvgIpc) is 3.14. The minimum Gasteiger partial charge on any atom is -0.494 e. The van der Waals surface area contributed by atoms with Crippen molar-refractivity contribution in [3.8, 4) is 5.75 Å². The number of carbonyl (C=O) groups excluding carboxylic acids is 1. The Balaban J connectivity index is 1.29. The quantitative estimate of drug-likeness (QED) is 0.367. The number of ether oxygens (including phenoxy) is 1. The lowest BCUT2D eigenvalue weighted by Gasteiger charge is -2.56. The molecule has 1 N–H and O–H groups in total. The number of aliphatic hydroxyl groups is 1. The van der Waals surface area contributed by atoms with E-state index >= 15 is 0 Å². The predicted octanol–water partition coefficient (Wildman–Crippen LogP) is 8.26. The third-order valence-corrected chi connectivity index (χ3v) is 11.1. The lowest BCUT2D eigenvalue weighted by atomic mass is 9.49. The van der Waals surface area contributed by atoms with Crippen molar-refractivity contribution in [3.63, 3.8) is 0 Å². The first-order valence-electron chi connectivity index (χ1n) is 15.4. The normalized spacial score (nSPS) is 35.9. The predicted molar refractivity (Wildman–Crippen MR) is 151 cm³/mol. The van der Waals surface area contributed by atoms with Gasteiger partial charge in [-0.05, 0) is 130 Å². The number of hydrogen-bond acceptors (Lipinski definition) is 3. The van der Waals surface area contributed by atoms with E-state index in [-0.39, 0.29) is 5.41 Å². The van der Waals surface area contributed by atoms with Crippen molar-refractivity contribution < 1.29 is 14.6 Å². The van der Waals surface area contributed by atoms with E-state index in [1.54, 1.807) is 0 Å². The molecule has 1 aromatic rings. The van der Waals surface area contributed by atoms with E-state index in [0.717, 1.165) is 50.7 Å². The van der Waals surface area contributed by atoms with Crippen LogP contribution in [0.1, 0.15) is 116 Å². The average molecular weight is 507 g/mol. The molecular formula is C34H50O3. The number of allylic oxidation sites excluding steroid dienone is 1. The fraction of sp³-hybridized carbons (Fsp3) is 0.735. The van der Waals surface area contributed by atoms with Gasteiger partial charge in [0.1, 0.15) is 5.75 Å². The Morgan fingerprint density at radius 2 is 1.92 bits per heavy atom. The van der Waals surface area contributed by atoms with E-state index in [4.69, 9.17) is 4.74 Å². The Labute approximate surface area is 225 Å². The van der Waals surface area contributed by atoms with E-state index in [1.807, 2.05) is 6.08 Å². The van der Waals surface area contributed by atoms with Crippen LogP contribution in [0.5, 0.6) is 5.75 Å². The van der Waals surface area contributed by atoms with Gasteiger partial charge in [-0.15, -0.1) is 0 Å². The van der Waals surface area contributed by atoms with E-state index in [9.17, 15) is 9.90 Å². The van der Waals surface area contributed by atoms with Gasteiger partial charge >= 0.3 is 0 Å². The summed E-state index contributed by atoms with van der Waals surface area (Å²) in [5.74, 6) is 5.20. The summed E-state index contributed by atoms with van der Waals surface area (Å²) in [5.41, 5.74) is 2.20. The zero-order chi connectivity index (χ0) is 26.2. The van der Waals surface area contributed by atoms with Gasteiger partial charge < -0.3 is 9.84 Å². The third kappa shape index (κ3) is 5.19. The SMILES string of the molecule is CCCC(CC(C)C)c1cccc(OCC[C@]23CCC4C5CCC(=O)C=C5CCC4C2CC[C@]3(C)O)c1. The summed E-state index contributed by atoms with van der Waals surface area (Å²) in [6, 6.07) is 8.83. The molecule has 0 saturated heterocycles. The molecule has 0 aromatic heterocycles. The second kappa shape index (κ2) is 10.9. The van der Waals surface area contributed by atoms with Gasteiger partial charge in [0.2, 0.25) is 0 Å². The molecule has 3 heteroatoms. The first-order chi connectivity index (χ1) is 17.7. The molecule has 204 valence electrons. The van der Waals surface area contributed by atoms with Gasteiger partial charge in [-0.1, -0.05) is 44.9 Å². The summed E-state index contributed by atoms with van der Waals surface area (Å²) in [4.78, 5) is 12.0. The standard InChI is InChI=1S/C34H50O3/c1-5-7-24(20-23(2)3)25-8-6-9-28(22-25)37-19-18-34-17-14-30-29-13-11-27(35)21-26(29)10-12-31(30)32(34)15-16-33(34,4)36/h6,8-9,21-24,29-32,36H,5,7,10-20H2,1-4H3/t24?,29?,30?,31?,32?,33-,34+/m0/s1. The summed E-state index contributed by atoms with van der Waals surface area (Å²) in [7, 11) is 0. The molecule has 7 atom stereocenters. The van der Waals surface area contributed by atoms with Crippen LogP contribution in [0.15, 0.2) is 35.9 Å². The smallest absolute Gasteiger partial charge is 0.155 e. The number of rotatable bonds is 9. The van der Waals surface area contributed by atoms with Crippen LogP contribution in [0.4, 0.5) is 0 Å². The van der Waals surface area contributed by atoms with E-state index in [1.165, 1.54) is 43.2 Å². The number of hydrogen-bond donors (Lipinski definition) is 1. The van der Waals surface area contributed by atoms with Crippen LogP contribution in [0, 0.1) is 35.0 Å². The molecule has 0 bridgehead atoms. The van der Waals surface area contributed by atoms with E-state index < -0.39 is 5.60 Å². The van der Waals surface area contributed by atoms with Crippen LogP contribution >= 0.6 is 0 Å². The van der Waals surface area contributed by atoms with Crippen molar-refractivity contribution in [1.29, 1.82) is 0 Å². The molecule has 5 rings (SSSR count). The van der Waals surface area contributed by atoms with Gasteiger partial charge in [0.25, 0.3) is 0 Å². The summed E-state index contributed by atoms with van der Waals surface area (Å²) in [6.45, 7) is 9.71. The maximum Gasteiger partial charge on any atom is 0.155 e. The van der Waals surface area contributed by atoms with Crippen molar-refractivity contribution in [2.24, 2.45) is 35.0 Å². The van der Waals surface area contributed by atoms with Crippen LogP contribution in [-0.4, -0.2) is 23.1 Å². The van der Waals surface area contributed by atoms with Crippen molar-refractivity contribution in [2.75, 3.05) is 6.61 Å². The fourth-order valence-corrected chi connectivity index (χ4v) is 9.37. The highest BCUT2D eigenvalue weighted by Crippen LogP contribution is 2.66. The molecule has 0 heterocycles. The Kier molecular flexibility index (Phi) is 7.93. The summed E-state index contributed by atoms with van der Waals surface area (Å²) in [6.07, 6.45) is 15.0. The topological polar surface area (TPSA) is 46.5 Å². The van der Waals surface area contributed by atoms with Gasteiger partial charge in [-0.25, -0.2) is 0 Å². The monoisotopic (exact) mass is 506 g/mol. The van der Waals surface area contributed by atoms with Crippen LogP contribution in [0.2, 0.25) is 0 Å². The van der Waals surface area contributed by atoms with Crippen molar-refractivity contribution >= 4 is 5.78 Å². The summed E-state index contributed by atoms with van der Waals surface area (Å²) >= 11 is 0. The molecule has 3 nitrogen and oxygen atoms in total. The molecule has 4 aliphatic rings.